The lowest BCUT2D eigenvalue weighted by Crippen LogP contribution is -2.11. The Hall–Kier alpha value is -2.30. The molecule has 0 bridgehead atoms. The fourth-order valence-corrected chi connectivity index (χ4v) is 4.18. The number of hydrogen-bond donors (Lipinski definition) is 0. The second kappa shape index (κ2) is 10.5. The molecular formula is C28H38O4. The molecule has 3 rings (SSSR count). The van der Waals surface area contributed by atoms with E-state index in [4.69, 9.17) is 18.9 Å². The van der Waals surface area contributed by atoms with Crippen molar-refractivity contribution < 1.29 is 18.9 Å². The first kappa shape index (κ1) is 24.3. The summed E-state index contributed by atoms with van der Waals surface area (Å²) < 4.78 is 23.3. The summed E-state index contributed by atoms with van der Waals surface area (Å²) in [4.78, 5) is 0. The standard InChI is InChI=1S/C28H38O4/c1-19-16-20(2)25-24(17-19)26(31-14-8-12-29-6)22-11-10-21(28(3,4)5)18-23(22)27(25)32-15-9-13-30-7/h10-11,16-18H,8-9,12-15H2,1-7H3. The average Bonchev–Trinajstić information content (AvgIpc) is 2.73. The molecule has 0 unspecified atom stereocenters. The quantitative estimate of drug-likeness (QED) is 0.259. The average molecular weight is 439 g/mol. The second-order valence-electron chi connectivity index (χ2n) is 9.56. The highest BCUT2D eigenvalue weighted by molar-refractivity contribution is 6.12. The van der Waals surface area contributed by atoms with Crippen LogP contribution in [0.15, 0.2) is 30.3 Å². The van der Waals surface area contributed by atoms with E-state index in [-0.39, 0.29) is 5.41 Å². The molecule has 0 spiro atoms. The summed E-state index contributed by atoms with van der Waals surface area (Å²) in [6.07, 6.45) is 1.69. The van der Waals surface area contributed by atoms with E-state index in [1.165, 1.54) is 16.7 Å². The Bertz CT molecular complexity index is 1060. The molecule has 0 aliphatic carbocycles. The van der Waals surface area contributed by atoms with E-state index < -0.39 is 0 Å². The first-order chi connectivity index (χ1) is 15.3. The Balaban J connectivity index is 2.27. The van der Waals surface area contributed by atoms with Gasteiger partial charge in [0.15, 0.2) is 0 Å². The SMILES string of the molecule is COCCCOc1c2ccc(C(C)(C)C)cc2c(OCCCOC)c2c(C)cc(C)cc12. The van der Waals surface area contributed by atoms with Gasteiger partial charge in [-0.15, -0.1) is 0 Å². The van der Waals surface area contributed by atoms with E-state index in [2.05, 4.69) is 65.0 Å². The molecule has 0 amide bonds. The van der Waals surface area contributed by atoms with Gasteiger partial charge in [0.2, 0.25) is 0 Å². The van der Waals surface area contributed by atoms with Crippen LogP contribution >= 0.6 is 0 Å². The van der Waals surface area contributed by atoms with Crippen LogP contribution in [0.3, 0.4) is 0 Å². The molecule has 0 atom stereocenters. The number of rotatable bonds is 10. The van der Waals surface area contributed by atoms with Crippen molar-refractivity contribution in [3.05, 3.63) is 47.0 Å². The summed E-state index contributed by atoms with van der Waals surface area (Å²) in [5.74, 6) is 1.88. The number of hydrogen-bond acceptors (Lipinski definition) is 4. The third-order valence-corrected chi connectivity index (χ3v) is 5.80. The van der Waals surface area contributed by atoms with Crippen LogP contribution in [-0.4, -0.2) is 40.6 Å². The van der Waals surface area contributed by atoms with Crippen molar-refractivity contribution in [2.45, 2.75) is 52.9 Å². The van der Waals surface area contributed by atoms with E-state index in [1.54, 1.807) is 14.2 Å². The van der Waals surface area contributed by atoms with Crippen molar-refractivity contribution in [2.24, 2.45) is 0 Å². The highest BCUT2D eigenvalue weighted by atomic mass is 16.5. The fourth-order valence-electron chi connectivity index (χ4n) is 4.18. The molecule has 0 radical (unpaired) electrons. The number of methoxy groups -OCH3 is 2. The number of ether oxygens (including phenoxy) is 4. The van der Waals surface area contributed by atoms with Gasteiger partial charge >= 0.3 is 0 Å². The van der Waals surface area contributed by atoms with Crippen molar-refractivity contribution in [2.75, 3.05) is 40.6 Å². The molecule has 0 aliphatic rings. The lowest BCUT2D eigenvalue weighted by atomic mass is 9.85. The van der Waals surface area contributed by atoms with Crippen molar-refractivity contribution in [3.63, 3.8) is 0 Å². The largest absolute Gasteiger partial charge is 0.492 e. The minimum Gasteiger partial charge on any atom is -0.492 e. The van der Waals surface area contributed by atoms with E-state index in [0.717, 1.165) is 45.9 Å². The Morgan fingerprint density at radius 1 is 0.688 bits per heavy atom. The van der Waals surface area contributed by atoms with Gasteiger partial charge in [0.1, 0.15) is 11.5 Å². The van der Waals surface area contributed by atoms with Crippen molar-refractivity contribution in [1.29, 1.82) is 0 Å². The van der Waals surface area contributed by atoms with Crippen molar-refractivity contribution >= 4 is 21.5 Å². The maximum atomic E-state index is 6.47. The van der Waals surface area contributed by atoms with Gasteiger partial charge in [-0.1, -0.05) is 44.5 Å². The van der Waals surface area contributed by atoms with Crippen LogP contribution < -0.4 is 9.47 Å². The lowest BCUT2D eigenvalue weighted by Gasteiger charge is -2.23. The topological polar surface area (TPSA) is 36.9 Å². The van der Waals surface area contributed by atoms with Crippen LogP contribution in [0, 0.1) is 13.8 Å². The van der Waals surface area contributed by atoms with Gasteiger partial charge in [0.05, 0.1) is 13.2 Å². The van der Waals surface area contributed by atoms with Gasteiger partial charge in [-0.05, 0) is 42.5 Å². The zero-order chi connectivity index (χ0) is 23.3. The molecule has 32 heavy (non-hydrogen) atoms. The lowest BCUT2D eigenvalue weighted by molar-refractivity contribution is 0.172. The van der Waals surface area contributed by atoms with Crippen LogP contribution in [0.2, 0.25) is 0 Å². The van der Waals surface area contributed by atoms with Gasteiger partial charge < -0.3 is 18.9 Å². The van der Waals surface area contributed by atoms with Crippen molar-refractivity contribution in [1.82, 2.24) is 0 Å². The predicted octanol–water partition coefficient (Wildman–Crippen LogP) is 6.74. The van der Waals surface area contributed by atoms with Gasteiger partial charge in [0.25, 0.3) is 0 Å². The normalized spacial score (nSPS) is 12.0. The summed E-state index contributed by atoms with van der Waals surface area (Å²) in [5.41, 5.74) is 3.73. The summed E-state index contributed by atoms with van der Waals surface area (Å²) in [7, 11) is 3.45. The van der Waals surface area contributed by atoms with Crippen LogP contribution in [0.4, 0.5) is 0 Å². The third-order valence-electron chi connectivity index (χ3n) is 5.80. The molecule has 0 N–H and O–H groups in total. The molecule has 174 valence electrons. The molecule has 3 aromatic rings. The molecule has 0 aliphatic heterocycles. The molecular weight excluding hydrogens is 400 g/mol. The summed E-state index contributed by atoms with van der Waals surface area (Å²) in [6.45, 7) is 13.6. The molecule has 4 nitrogen and oxygen atoms in total. The highest BCUT2D eigenvalue weighted by Gasteiger charge is 2.21. The van der Waals surface area contributed by atoms with Gasteiger partial charge in [-0.25, -0.2) is 0 Å². The number of fused-ring (bicyclic) bond motifs is 2. The van der Waals surface area contributed by atoms with E-state index in [0.29, 0.717) is 26.4 Å². The fraction of sp³-hybridized carbons (Fsp3) is 0.500. The summed E-state index contributed by atoms with van der Waals surface area (Å²) in [6, 6.07) is 11.1. The van der Waals surface area contributed by atoms with E-state index in [9.17, 15) is 0 Å². The van der Waals surface area contributed by atoms with Crippen LogP contribution in [0.25, 0.3) is 21.5 Å². The monoisotopic (exact) mass is 438 g/mol. The summed E-state index contributed by atoms with van der Waals surface area (Å²) >= 11 is 0. The Kier molecular flexibility index (Phi) is 8.02. The van der Waals surface area contributed by atoms with Gasteiger partial charge in [0, 0.05) is 61.8 Å². The Morgan fingerprint density at radius 2 is 1.31 bits per heavy atom. The number of aryl methyl sites for hydroxylation is 2. The van der Waals surface area contributed by atoms with E-state index in [1.807, 2.05) is 0 Å². The van der Waals surface area contributed by atoms with Gasteiger partial charge in [-0.3, -0.25) is 0 Å². The summed E-state index contributed by atoms with van der Waals surface area (Å²) in [5, 5.41) is 4.44. The molecule has 3 aromatic carbocycles. The molecule has 0 aromatic heterocycles. The van der Waals surface area contributed by atoms with Crippen LogP contribution in [-0.2, 0) is 14.9 Å². The first-order valence-corrected chi connectivity index (χ1v) is 11.5. The van der Waals surface area contributed by atoms with Gasteiger partial charge in [-0.2, -0.15) is 0 Å². The minimum atomic E-state index is 0.0400. The molecule has 0 fully saturated rings. The maximum absolute atomic E-state index is 6.47. The molecule has 0 heterocycles. The zero-order valence-corrected chi connectivity index (χ0v) is 20.8. The van der Waals surface area contributed by atoms with Crippen LogP contribution in [0.1, 0.15) is 50.3 Å². The third kappa shape index (κ3) is 5.36. The number of benzene rings is 3. The zero-order valence-electron chi connectivity index (χ0n) is 20.8. The molecule has 0 saturated carbocycles. The highest BCUT2D eigenvalue weighted by Crippen LogP contribution is 2.45. The second-order valence-corrected chi connectivity index (χ2v) is 9.56. The first-order valence-electron chi connectivity index (χ1n) is 11.5. The smallest absolute Gasteiger partial charge is 0.135 e. The maximum Gasteiger partial charge on any atom is 0.135 e. The Morgan fingerprint density at radius 3 is 1.91 bits per heavy atom. The minimum absolute atomic E-state index is 0.0400. The molecule has 0 saturated heterocycles. The Labute approximate surface area is 192 Å². The van der Waals surface area contributed by atoms with E-state index >= 15 is 0 Å². The van der Waals surface area contributed by atoms with Crippen molar-refractivity contribution in [3.8, 4) is 11.5 Å². The van der Waals surface area contributed by atoms with Crippen LogP contribution in [0.5, 0.6) is 11.5 Å². The predicted molar refractivity (Wildman–Crippen MR) is 134 cm³/mol. The molecule has 4 heteroatoms.